The molecule has 4 heteroatoms. The van der Waals surface area contributed by atoms with Gasteiger partial charge in [0.15, 0.2) is 6.29 Å². The van der Waals surface area contributed by atoms with Crippen molar-refractivity contribution in [1.29, 1.82) is 0 Å². The maximum atomic E-state index is 11.6. The average Bonchev–Trinajstić information content (AvgIpc) is 2.66. The Morgan fingerprint density at radius 3 is 2.71 bits per heavy atom. The first-order valence-corrected chi connectivity index (χ1v) is 4.99. The summed E-state index contributed by atoms with van der Waals surface area (Å²) in [6.45, 7) is 3.74. The van der Waals surface area contributed by atoms with E-state index in [1.807, 2.05) is 6.92 Å². The van der Waals surface area contributed by atoms with E-state index in [9.17, 15) is 4.79 Å². The van der Waals surface area contributed by atoms with Gasteiger partial charge in [-0.25, -0.2) is 0 Å². The van der Waals surface area contributed by atoms with Crippen LogP contribution in [0.15, 0.2) is 0 Å². The minimum absolute atomic E-state index is 0.0303. The first-order valence-electron chi connectivity index (χ1n) is 4.99. The molecule has 1 aliphatic heterocycles. The average molecular weight is 202 g/mol. The minimum atomic E-state index is -0.313. The highest BCUT2D eigenvalue weighted by Gasteiger charge is 2.22. The number of ether oxygens (including phenoxy) is 3. The molecule has 82 valence electrons. The van der Waals surface area contributed by atoms with Crippen LogP contribution < -0.4 is 0 Å². The van der Waals surface area contributed by atoms with Crippen LogP contribution in [0.3, 0.4) is 0 Å². The molecule has 1 aliphatic rings. The van der Waals surface area contributed by atoms with E-state index in [-0.39, 0.29) is 18.0 Å². The lowest BCUT2D eigenvalue weighted by Crippen LogP contribution is -2.20. The predicted octanol–water partition coefficient (Wildman–Crippen LogP) is 0.991. The zero-order valence-electron chi connectivity index (χ0n) is 8.82. The van der Waals surface area contributed by atoms with E-state index in [1.165, 1.54) is 0 Å². The lowest BCUT2D eigenvalue weighted by molar-refractivity contribution is -0.131. The molecule has 1 unspecified atom stereocenters. The summed E-state index contributed by atoms with van der Waals surface area (Å²) >= 11 is 0. The molecule has 4 nitrogen and oxygen atoms in total. The number of carbonyl (C=O) groups is 1. The smallest absolute Gasteiger partial charge is 0.164 e. The Bertz CT molecular complexity index is 175. The zero-order valence-corrected chi connectivity index (χ0v) is 8.82. The SMILES string of the molecule is COCCC(C)C(=O)CC1OCCO1. The highest BCUT2D eigenvalue weighted by Crippen LogP contribution is 2.13. The number of carbonyl (C=O) groups excluding carboxylic acids is 1. The Balaban J connectivity index is 2.18. The van der Waals surface area contributed by atoms with Gasteiger partial charge in [-0.3, -0.25) is 4.79 Å². The molecule has 0 aromatic rings. The number of hydrogen-bond acceptors (Lipinski definition) is 4. The molecule has 0 aromatic heterocycles. The van der Waals surface area contributed by atoms with Gasteiger partial charge < -0.3 is 14.2 Å². The summed E-state index contributed by atoms with van der Waals surface area (Å²) in [4.78, 5) is 11.6. The molecule has 1 atom stereocenters. The third kappa shape index (κ3) is 3.74. The van der Waals surface area contributed by atoms with Crippen LogP contribution in [0.1, 0.15) is 19.8 Å². The van der Waals surface area contributed by atoms with Crippen molar-refractivity contribution < 1.29 is 19.0 Å². The lowest BCUT2D eigenvalue weighted by Gasteiger charge is -2.12. The number of Topliss-reactive ketones (excluding diaryl/α,β-unsaturated/α-hetero) is 1. The molecule has 1 saturated heterocycles. The molecule has 0 aromatic carbocycles. The van der Waals surface area contributed by atoms with Gasteiger partial charge in [0, 0.05) is 19.6 Å². The summed E-state index contributed by atoms with van der Waals surface area (Å²) in [6, 6.07) is 0. The summed E-state index contributed by atoms with van der Waals surface area (Å²) in [5, 5.41) is 0. The monoisotopic (exact) mass is 202 g/mol. The van der Waals surface area contributed by atoms with Crippen LogP contribution in [-0.4, -0.2) is 39.0 Å². The van der Waals surface area contributed by atoms with Gasteiger partial charge in [0.05, 0.1) is 19.6 Å². The van der Waals surface area contributed by atoms with E-state index in [2.05, 4.69) is 0 Å². The molecule has 1 heterocycles. The summed E-state index contributed by atoms with van der Waals surface area (Å²) < 4.78 is 15.3. The third-order valence-corrected chi connectivity index (χ3v) is 2.36. The van der Waals surface area contributed by atoms with Crippen LogP contribution in [0, 0.1) is 5.92 Å². The molecule has 0 radical (unpaired) electrons. The minimum Gasteiger partial charge on any atom is -0.385 e. The van der Waals surface area contributed by atoms with Crippen LogP contribution >= 0.6 is 0 Å². The Morgan fingerprint density at radius 1 is 1.50 bits per heavy atom. The second-order valence-electron chi connectivity index (χ2n) is 3.52. The van der Waals surface area contributed by atoms with E-state index >= 15 is 0 Å². The van der Waals surface area contributed by atoms with Crippen molar-refractivity contribution in [2.75, 3.05) is 26.9 Å². The van der Waals surface area contributed by atoms with E-state index < -0.39 is 0 Å². The summed E-state index contributed by atoms with van der Waals surface area (Å²) in [5.74, 6) is 0.219. The van der Waals surface area contributed by atoms with E-state index in [4.69, 9.17) is 14.2 Å². The molecule has 0 amide bonds. The zero-order chi connectivity index (χ0) is 10.4. The number of hydrogen-bond donors (Lipinski definition) is 0. The van der Waals surface area contributed by atoms with Gasteiger partial charge in [-0.2, -0.15) is 0 Å². The van der Waals surface area contributed by atoms with Crippen molar-refractivity contribution in [3.8, 4) is 0 Å². The Labute approximate surface area is 84.5 Å². The maximum Gasteiger partial charge on any atom is 0.164 e. The van der Waals surface area contributed by atoms with Gasteiger partial charge >= 0.3 is 0 Å². The van der Waals surface area contributed by atoms with Gasteiger partial charge in [-0.15, -0.1) is 0 Å². The normalized spacial score (nSPS) is 19.9. The Hall–Kier alpha value is -0.450. The highest BCUT2D eigenvalue weighted by molar-refractivity contribution is 5.80. The van der Waals surface area contributed by atoms with Crippen LogP contribution in [0.4, 0.5) is 0 Å². The van der Waals surface area contributed by atoms with E-state index in [0.29, 0.717) is 26.2 Å². The highest BCUT2D eigenvalue weighted by atomic mass is 16.7. The first kappa shape index (κ1) is 11.6. The molecule has 14 heavy (non-hydrogen) atoms. The fraction of sp³-hybridized carbons (Fsp3) is 0.900. The van der Waals surface area contributed by atoms with Crippen molar-refractivity contribution in [2.24, 2.45) is 5.92 Å². The molecular weight excluding hydrogens is 184 g/mol. The summed E-state index contributed by atoms with van der Waals surface area (Å²) in [7, 11) is 1.64. The fourth-order valence-electron chi connectivity index (χ4n) is 1.35. The first-order chi connectivity index (χ1) is 6.74. The Kier molecular flexibility index (Phi) is 5.07. The molecule has 0 saturated carbocycles. The van der Waals surface area contributed by atoms with Gasteiger partial charge in [0.1, 0.15) is 5.78 Å². The summed E-state index contributed by atoms with van der Waals surface area (Å²) in [6.07, 6.45) is 0.819. The van der Waals surface area contributed by atoms with Gasteiger partial charge in [-0.05, 0) is 6.42 Å². The molecule has 0 N–H and O–H groups in total. The van der Waals surface area contributed by atoms with Crippen LogP contribution in [0.25, 0.3) is 0 Å². The standard InChI is InChI=1S/C10H18O4/c1-8(3-4-12-2)9(11)7-10-13-5-6-14-10/h8,10H,3-7H2,1-2H3. The molecule has 1 rings (SSSR count). The predicted molar refractivity (Wildman–Crippen MR) is 51.0 cm³/mol. The van der Waals surface area contributed by atoms with Crippen molar-refractivity contribution >= 4 is 5.78 Å². The van der Waals surface area contributed by atoms with E-state index in [0.717, 1.165) is 6.42 Å². The fourth-order valence-corrected chi connectivity index (χ4v) is 1.35. The molecule has 0 spiro atoms. The van der Waals surface area contributed by atoms with E-state index in [1.54, 1.807) is 7.11 Å². The largest absolute Gasteiger partial charge is 0.385 e. The molecule has 1 fully saturated rings. The van der Waals surface area contributed by atoms with Gasteiger partial charge in [0.25, 0.3) is 0 Å². The molecule has 0 aliphatic carbocycles. The number of rotatable bonds is 6. The maximum absolute atomic E-state index is 11.6. The van der Waals surface area contributed by atoms with Gasteiger partial charge in [0.2, 0.25) is 0 Å². The lowest BCUT2D eigenvalue weighted by atomic mass is 10.0. The van der Waals surface area contributed by atoms with Gasteiger partial charge in [-0.1, -0.05) is 6.92 Å². The molecule has 0 bridgehead atoms. The van der Waals surface area contributed by atoms with Crippen molar-refractivity contribution in [1.82, 2.24) is 0 Å². The van der Waals surface area contributed by atoms with Crippen LogP contribution in [-0.2, 0) is 19.0 Å². The quantitative estimate of drug-likeness (QED) is 0.644. The van der Waals surface area contributed by atoms with Crippen molar-refractivity contribution in [3.05, 3.63) is 0 Å². The topological polar surface area (TPSA) is 44.8 Å². The molecular formula is C10H18O4. The van der Waals surface area contributed by atoms with Crippen molar-refractivity contribution in [2.45, 2.75) is 26.1 Å². The van der Waals surface area contributed by atoms with Crippen molar-refractivity contribution in [3.63, 3.8) is 0 Å². The number of methoxy groups -OCH3 is 1. The van der Waals surface area contributed by atoms with Crippen LogP contribution in [0.2, 0.25) is 0 Å². The second kappa shape index (κ2) is 6.11. The second-order valence-corrected chi connectivity index (χ2v) is 3.52. The Morgan fingerprint density at radius 2 is 2.14 bits per heavy atom. The summed E-state index contributed by atoms with van der Waals surface area (Å²) in [5.41, 5.74) is 0. The third-order valence-electron chi connectivity index (χ3n) is 2.36. The number of ketones is 1. The van der Waals surface area contributed by atoms with Crippen LogP contribution in [0.5, 0.6) is 0 Å².